The van der Waals surface area contributed by atoms with E-state index in [1.807, 2.05) is 60.7 Å². The SMILES string of the molecule is O=C(O)C1c2c(cnn2CCc2ccccc2)[C@H]2CN1C(=O)N2OCc1ccccc1. The average Bonchev–Trinajstić information content (AvgIpc) is 3.33. The summed E-state index contributed by atoms with van der Waals surface area (Å²) >= 11 is 0. The van der Waals surface area contributed by atoms with Gasteiger partial charge in [-0.25, -0.2) is 9.59 Å². The first-order valence-corrected chi connectivity index (χ1v) is 10.2. The van der Waals surface area contributed by atoms with Gasteiger partial charge in [-0.05, 0) is 17.5 Å². The van der Waals surface area contributed by atoms with E-state index in [1.54, 1.807) is 10.9 Å². The summed E-state index contributed by atoms with van der Waals surface area (Å²) in [5.74, 6) is -1.07. The van der Waals surface area contributed by atoms with Crippen LogP contribution in [-0.2, 0) is 29.2 Å². The zero-order valence-electron chi connectivity index (χ0n) is 16.8. The Labute approximate surface area is 179 Å². The van der Waals surface area contributed by atoms with Gasteiger partial charge in [0.25, 0.3) is 0 Å². The largest absolute Gasteiger partial charge is 0.479 e. The topological polar surface area (TPSA) is 87.9 Å². The molecule has 8 nitrogen and oxygen atoms in total. The lowest BCUT2D eigenvalue weighted by Crippen LogP contribution is -2.39. The lowest BCUT2D eigenvalue weighted by Gasteiger charge is -2.28. The number of aromatic nitrogens is 2. The molecule has 2 bridgehead atoms. The lowest BCUT2D eigenvalue weighted by molar-refractivity contribution is -0.143. The van der Waals surface area contributed by atoms with Crippen LogP contribution in [0, 0.1) is 0 Å². The van der Waals surface area contributed by atoms with Gasteiger partial charge in [-0.3, -0.25) is 9.52 Å². The molecule has 3 aromatic rings. The van der Waals surface area contributed by atoms with Crippen molar-refractivity contribution in [2.45, 2.75) is 31.7 Å². The molecule has 2 aliphatic rings. The van der Waals surface area contributed by atoms with Crippen LogP contribution in [-0.4, -0.2) is 43.4 Å². The summed E-state index contributed by atoms with van der Waals surface area (Å²) in [5, 5.41) is 15.7. The third kappa shape index (κ3) is 3.44. The van der Waals surface area contributed by atoms with Gasteiger partial charge in [0.15, 0.2) is 6.04 Å². The average molecular weight is 418 g/mol. The van der Waals surface area contributed by atoms with Crippen LogP contribution in [0.3, 0.4) is 0 Å². The highest BCUT2D eigenvalue weighted by Crippen LogP contribution is 2.44. The Morgan fingerprint density at radius 2 is 1.74 bits per heavy atom. The molecule has 0 saturated carbocycles. The molecule has 5 rings (SSSR count). The molecule has 1 saturated heterocycles. The van der Waals surface area contributed by atoms with Crippen molar-refractivity contribution >= 4 is 12.0 Å². The fraction of sp³-hybridized carbons (Fsp3) is 0.261. The number of carbonyl (C=O) groups is 2. The third-order valence-corrected chi connectivity index (χ3v) is 5.83. The predicted octanol–water partition coefficient (Wildman–Crippen LogP) is 3.18. The number of hydrogen-bond donors (Lipinski definition) is 1. The molecule has 8 heteroatoms. The van der Waals surface area contributed by atoms with Crippen LogP contribution in [0.2, 0.25) is 0 Å². The minimum Gasteiger partial charge on any atom is -0.479 e. The minimum absolute atomic E-state index is 0.228. The fourth-order valence-corrected chi connectivity index (χ4v) is 4.32. The van der Waals surface area contributed by atoms with Gasteiger partial charge >= 0.3 is 12.0 Å². The summed E-state index contributed by atoms with van der Waals surface area (Å²) in [6.45, 7) is 1.02. The number of aliphatic carboxylic acids is 1. The molecular weight excluding hydrogens is 396 g/mol. The minimum atomic E-state index is -1.08. The van der Waals surface area contributed by atoms with E-state index in [-0.39, 0.29) is 19.2 Å². The summed E-state index contributed by atoms with van der Waals surface area (Å²) in [6.07, 6.45) is 2.39. The summed E-state index contributed by atoms with van der Waals surface area (Å²) in [6, 6.07) is 17.6. The predicted molar refractivity (Wildman–Crippen MR) is 111 cm³/mol. The first-order valence-electron chi connectivity index (χ1n) is 10.2. The van der Waals surface area contributed by atoms with Crippen LogP contribution in [0.5, 0.6) is 0 Å². The van der Waals surface area contributed by atoms with Crippen molar-refractivity contribution in [1.29, 1.82) is 0 Å². The molecular formula is C23H22N4O4. The van der Waals surface area contributed by atoms with E-state index in [9.17, 15) is 14.7 Å². The highest BCUT2D eigenvalue weighted by Gasteiger charge is 2.53. The number of aryl methyl sites for hydroxylation is 2. The second kappa shape index (κ2) is 7.88. The molecule has 0 radical (unpaired) electrons. The van der Waals surface area contributed by atoms with Gasteiger partial charge in [-0.2, -0.15) is 10.2 Å². The number of hydrogen-bond acceptors (Lipinski definition) is 4. The van der Waals surface area contributed by atoms with Gasteiger partial charge in [-0.1, -0.05) is 60.7 Å². The molecule has 1 aromatic heterocycles. The molecule has 31 heavy (non-hydrogen) atoms. The van der Waals surface area contributed by atoms with Crippen molar-refractivity contribution in [3.8, 4) is 0 Å². The standard InChI is InChI=1S/C23H22N4O4/c28-22(29)21-20-18(13-24-26(20)12-11-16-7-3-1-4-8-16)19-14-25(21)23(30)27(19)31-15-17-9-5-2-6-10-17/h1-10,13,19,21H,11-12,14-15H2,(H,28,29)/t19-,21?/m1/s1. The number of fused-ring (bicyclic) bond motifs is 4. The molecule has 1 N–H and O–H groups in total. The number of carboxylic acid groups (broad SMARTS) is 1. The van der Waals surface area contributed by atoms with E-state index in [1.165, 1.54) is 9.96 Å². The van der Waals surface area contributed by atoms with E-state index in [0.29, 0.717) is 18.7 Å². The van der Waals surface area contributed by atoms with Gasteiger partial charge in [0, 0.05) is 12.1 Å². The summed E-state index contributed by atoms with van der Waals surface area (Å²) < 4.78 is 1.72. The fourth-order valence-electron chi connectivity index (χ4n) is 4.32. The Kier molecular flexibility index (Phi) is 4.91. The highest BCUT2D eigenvalue weighted by atomic mass is 16.7. The number of nitrogens with zero attached hydrogens (tertiary/aromatic N) is 4. The lowest BCUT2D eigenvalue weighted by atomic mass is 9.98. The van der Waals surface area contributed by atoms with Crippen molar-refractivity contribution < 1.29 is 19.5 Å². The Morgan fingerprint density at radius 1 is 1.06 bits per heavy atom. The number of carboxylic acids is 1. The van der Waals surface area contributed by atoms with Crippen LogP contribution < -0.4 is 0 Å². The van der Waals surface area contributed by atoms with E-state index >= 15 is 0 Å². The van der Waals surface area contributed by atoms with Crippen LogP contribution in [0.1, 0.15) is 34.5 Å². The Hall–Kier alpha value is -3.65. The molecule has 2 aromatic carbocycles. The quantitative estimate of drug-likeness (QED) is 0.637. The zero-order chi connectivity index (χ0) is 21.4. The number of rotatable bonds is 7. The maximum atomic E-state index is 13.0. The van der Waals surface area contributed by atoms with Crippen molar-refractivity contribution in [2.75, 3.05) is 6.54 Å². The molecule has 0 aliphatic carbocycles. The first-order chi connectivity index (χ1) is 15.1. The van der Waals surface area contributed by atoms with E-state index in [2.05, 4.69) is 5.10 Å². The third-order valence-electron chi connectivity index (χ3n) is 5.83. The van der Waals surface area contributed by atoms with Crippen LogP contribution in [0.4, 0.5) is 4.79 Å². The maximum absolute atomic E-state index is 13.0. The second-order valence-electron chi connectivity index (χ2n) is 7.72. The van der Waals surface area contributed by atoms with Crippen LogP contribution in [0.15, 0.2) is 66.9 Å². The first kappa shape index (κ1) is 19.3. The Balaban J connectivity index is 1.42. The van der Waals surface area contributed by atoms with Gasteiger partial charge in [0.05, 0.1) is 18.4 Å². The van der Waals surface area contributed by atoms with E-state index < -0.39 is 18.0 Å². The maximum Gasteiger partial charge on any atom is 0.345 e. The number of carbonyl (C=O) groups excluding carboxylic acids is 1. The van der Waals surface area contributed by atoms with Crippen molar-refractivity contribution in [3.05, 3.63) is 89.2 Å². The van der Waals surface area contributed by atoms with Crippen molar-refractivity contribution in [2.24, 2.45) is 0 Å². The molecule has 2 aliphatic heterocycles. The smallest absolute Gasteiger partial charge is 0.345 e. The zero-order valence-corrected chi connectivity index (χ0v) is 16.8. The van der Waals surface area contributed by atoms with Gasteiger partial charge < -0.3 is 10.0 Å². The number of benzene rings is 2. The Bertz CT molecular complexity index is 1100. The Morgan fingerprint density at radius 3 is 2.42 bits per heavy atom. The number of hydroxylamine groups is 2. The highest BCUT2D eigenvalue weighted by molar-refractivity contribution is 5.86. The van der Waals surface area contributed by atoms with Crippen molar-refractivity contribution in [1.82, 2.24) is 19.7 Å². The number of amides is 2. The molecule has 0 spiro atoms. The van der Waals surface area contributed by atoms with Crippen LogP contribution in [0.25, 0.3) is 0 Å². The summed E-state index contributed by atoms with van der Waals surface area (Å²) in [4.78, 5) is 32.4. The van der Waals surface area contributed by atoms with Gasteiger partial charge in [0.1, 0.15) is 12.6 Å². The normalized spacial score (nSPS) is 19.5. The summed E-state index contributed by atoms with van der Waals surface area (Å²) in [5.41, 5.74) is 3.36. The monoisotopic (exact) mass is 418 g/mol. The second-order valence-corrected chi connectivity index (χ2v) is 7.72. The van der Waals surface area contributed by atoms with E-state index in [4.69, 9.17) is 4.84 Å². The van der Waals surface area contributed by atoms with Crippen molar-refractivity contribution in [3.63, 3.8) is 0 Å². The molecule has 3 heterocycles. The van der Waals surface area contributed by atoms with Gasteiger partial charge in [-0.15, -0.1) is 0 Å². The van der Waals surface area contributed by atoms with Crippen LogP contribution >= 0.6 is 0 Å². The molecule has 2 atom stereocenters. The molecule has 1 fully saturated rings. The molecule has 158 valence electrons. The molecule has 1 unspecified atom stereocenters. The molecule has 2 amide bonds. The van der Waals surface area contributed by atoms with Gasteiger partial charge in [0.2, 0.25) is 0 Å². The summed E-state index contributed by atoms with van der Waals surface area (Å²) in [7, 11) is 0. The number of urea groups is 1. The van der Waals surface area contributed by atoms with E-state index in [0.717, 1.165) is 16.7 Å².